The van der Waals surface area contributed by atoms with Crippen molar-refractivity contribution in [2.75, 3.05) is 25.5 Å². The lowest BCUT2D eigenvalue weighted by molar-refractivity contribution is -0.116. The molecule has 0 saturated heterocycles. The van der Waals surface area contributed by atoms with Crippen LogP contribution in [0.25, 0.3) is 0 Å². The quantitative estimate of drug-likeness (QED) is 0.205. The van der Waals surface area contributed by atoms with Crippen molar-refractivity contribution in [3.8, 4) is 5.75 Å². The van der Waals surface area contributed by atoms with Crippen molar-refractivity contribution in [3.63, 3.8) is 0 Å². The smallest absolute Gasteiger partial charge is 0.257 e. The van der Waals surface area contributed by atoms with Crippen molar-refractivity contribution in [1.82, 2.24) is 20.6 Å². The number of anilines is 1. The first-order valence-corrected chi connectivity index (χ1v) is 12.4. The number of methoxy groups -OCH3 is 1. The van der Waals surface area contributed by atoms with E-state index in [0.717, 1.165) is 15.3 Å². The Kier molecular flexibility index (Phi) is 9.39. The Morgan fingerprint density at radius 2 is 1.89 bits per heavy atom. The van der Waals surface area contributed by atoms with Crippen molar-refractivity contribution < 1.29 is 19.1 Å². The molecule has 3 amide bonds. The highest BCUT2D eigenvalue weighted by molar-refractivity contribution is 7.98. The number of pyridine rings is 1. The summed E-state index contributed by atoms with van der Waals surface area (Å²) in [5, 5.41) is 8.69. The van der Waals surface area contributed by atoms with Crippen molar-refractivity contribution in [2.45, 2.75) is 17.6 Å². The molecule has 1 aromatic carbocycles. The van der Waals surface area contributed by atoms with Crippen molar-refractivity contribution in [3.05, 3.63) is 77.1 Å². The van der Waals surface area contributed by atoms with Gasteiger partial charge in [0.25, 0.3) is 11.8 Å². The van der Waals surface area contributed by atoms with Gasteiger partial charge in [0.1, 0.15) is 5.75 Å². The Morgan fingerprint density at radius 3 is 2.60 bits per heavy atom. The van der Waals surface area contributed by atoms with E-state index in [9.17, 15) is 14.4 Å². The first kappa shape index (κ1) is 25.9. The van der Waals surface area contributed by atoms with Crippen LogP contribution in [0.1, 0.15) is 31.2 Å². The summed E-state index contributed by atoms with van der Waals surface area (Å²) in [5.41, 5.74) is 1.89. The van der Waals surface area contributed by atoms with E-state index in [1.807, 2.05) is 13.0 Å². The molecule has 0 unspecified atom stereocenters. The number of amides is 3. The summed E-state index contributed by atoms with van der Waals surface area (Å²) in [6.45, 7) is 5.90. The second-order valence-corrected chi connectivity index (χ2v) is 9.31. The molecule has 0 fully saturated rings. The van der Waals surface area contributed by atoms with Gasteiger partial charge in [-0.3, -0.25) is 24.7 Å². The van der Waals surface area contributed by atoms with Gasteiger partial charge in [-0.15, -0.1) is 23.1 Å². The van der Waals surface area contributed by atoms with E-state index in [1.54, 1.807) is 48.6 Å². The Bertz CT molecular complexity index is 1210. The largest absolute Gasteiger partial charge is 0.496 e. The fraction of sp³-hybridized carbons (Fsp3) is 0.208. The zero-order chi connectivity index (χ0) is 25.2. The monoisotopic (exact) mass is 511 g/mol. The lowest BCUT2D eigenvalue weighted by Crippen LogP contribution is -2.34. The average Bonchev–Trinajstić information content (AvgIpc) is 3.32. The third-order valence-corrected chi connectivity index (χ3v) is 7.02. The van der Waals surface area contributed by atoms with Gasteiger partial charge in [0, 0.05) is 52.8 Å². The molecule has 0 atom stereocenters. The van der Waals surface area contributed by atoms with Crippen LogP contribution >= 0.6 is 23.1 Å². The number of nitrogens with one attached hydrogen (secondary N) is 3. The third-order valence-electron chi connectivity index (χ3n) is 4.72. The van der Waals surface area contributed by atoms with Crippen molar-refractivity contribution in [1.29, 1.82) is 0 Å². The van der Waals surface area contributed by atoms with E-state index < -0.39 is 0 Å². The lowest BCUT2D eigenvalue weighted by Gasteiger charge is -2.13. The molecule has 0 bridgehead atoms. The van der Waals surface area contributed by atoms with Gasteiger partial charge in [0.15, 0.2) is 5.13 Å². The number of thiazole rings is 1. The van der Waals surface area contributed by atoms with E-state index >= 15 is 0 Å². The summed E-state index contributed by atoms with van der Waals surface area (Å²) in [4.78, 5) is 46.3. The fourth-order valence-electron chi connectivity index (χ4n) is 2.95. The Morgan fingerprint density at radius 1 is 1.14 bits per heavy atom. The third kappa shape index (κ3) is 7.39. The number of hydrogen-bond acceptors (Lipinski definition) is 8. The number of rotatable bonds is 11. The molecule has 0 radical (unpaired) electrons. The number of hydrogen-bond donors (Lipinski definition) is 3. The maximum absolute atomic E-state index is 12.7. The molecular weight excluding hydrogens is 486 g/mol. The van der Waals surface area contributed by atoms with Crippen LogP contribution in [0.2, 0.25) is 0 Å². The van der Waals surface area contributed by atoms with E-state index in [4.69, 9.17) is 4.74 Å². The summed E-state index contributed by atoms with van der Waals surface area (Å²) in [5.74, 6) is 0.249. The molecule has 2 heterocycles. The fourth-order valence-corrected chi connectivity index (χ4v) is 4.82. The molecule has 0 aliphatic rings. The van der Waals surface area contributed by atoms with Crippen LogP contribution in [0.3, 0.4) is 0 Å². The molecule has 0 aliphatic carbocycles. The van der Waals surface area contributed by atoms with E-state index in [2.05, 4.69) is 32.5 Å². The maximum atomic E-state index is 12.7. The Labute approximate surface area is 211 Å². The Balaban J connectivity index is 1.62. The minimum absolute atomic E-state index is 0.244. The maximum Gasteiger partial charge on any atom is 0.257 e. The van der Waals surface area contributed by atoms with Gasteiger partial charge in [0.05, 0.1) is 12.7 Å². The molecule has 3 N–H and O–H groups in total. The number of thioether (sulfide) groups is 1. The van der Waals surface area contributed by atoms with Gasteiger partial charge in [-0.25, -0.2) is 4.98 Å². The summed E-state index contributed by atoms with van der Waals surface area (Å²) in [7, 11) is 1.52. The molecule has 2 aromatic heterocycles. The predicted molar refractivity (Wildman–Crippen MR) is 137 cm³/mol. The van der Waals surface area contributed by atoms with Crippen LogP contribution in [-0.4, -0.2) is 47.9 Å². The van der Waals surface area contributed by atoms with Gasteiger partial charge in [-0.1, -0.05) is 6.58 Å². The van der Waals surface area contributed by atoms with E-state index in [-0.39, 0.29) is 30.8 Å². The number of carbonyl (C=O) groups excluding carboxylic acids is 3. The summed E-state index contributed by atoms with van der Waals surface area (Å²) in [6, 6.07) is 6.89. The van der Waals surface area contributed by atoms with Gasteiger partial charge in [-0.05, 0) is 42.8 Å². The van der Waals surface area contributed by atoms with Crippen LogP contribution in [0.15, 0.2) is 60.4 Å². The van der Waals surface area contributed by atoms with E-state index in [1.165, 1.54) is 24.5 Å². The minimum Gasteiger partial charge on any atom is -0.496 e. The van der Waals surface area contributed by atoms with Gasteiger partial charge in [0.2, 0.25) is 5.91 Å². The molecule has 0 saturated carbocycles. The summed E-state index contributed by atoms with van der Waals surface area (Å²) in [6.07, 6.45) is 6.02. The SMILES string of the molecule is C=CC(=O)NCCNC(=O)c1cc(SCc2cnc(NC(=O)c3ccncc3)s2)c(C)cc1OC. The number of ether oxygens (including phenoxy) is 1. The Hall–Kier alpha value is -3.70. The van der Waals surface area contributed by atoms with Crippen LogP contribution in [0, 0.1) is 6.92 Å². The zero-order valence-corrected chi connectivity index (χ0v) is 20.9. The second kappa shape index (κ2) is 12.7. The van der Waals surface area contributed by atoms with Crippen LogP contribution in [0.5, 0.6) is 5.75 Å². The molecule has 3 aromatic rings. The topological polar surface area (TPSA) is 122 Å². The number of aromatic nitrogens is 2. The highest BCUT2D eigenvalue weighted by atomic mass is 32.2. The summed E-state index contributed by atoms with van der Waals surface area (Å²) < 4.78 is 5.40. The standard InChI is InChI=1S/C24H25N5O4S2/c1-4-21(30)26-9-10-27-23(32)18-12-20(15(2)11-19(18)33-3)34-14-17-13-28-24(35-17)29-22(31)16-5-7-25-8-6-16/h4-8,11-13H,1,9-10,14H2,2-3H3,(H,26,30)(H,27,32)(H,28,29,31). The van der Waals surface area contributed by atoms with Crippen LogP contribution in [-0.2, 0) is 10.5 Å². The molecular formula is C24H25N5O4S2. The zero-order valence-electron chi connectivity index (χ0n) is 19.3. The molecule has 182 valence electrons. The number of carbonyl (C=O) groups is 3. The van der Waals surface area contributed by atoms with Crippen LogP contribution in [0.4, 0.5) is 5.13 Å². The summed E-state index contributed by atoms with van der Waals surface area (Å²) >= 11 is 2.95. The number of aryl methyl sites for hydroxylation is 1. The number of nitrogens with zero attached hydrogens (tertiary/aromatic N) is 2. The predicted octanol–water partition coefficient (Wildman–Crippen LogP) is 3.43. The normalized spacial score (nSPS) is 10.3. The molecule has 9 nitrogen and oxygen atoms in total. The second-order valence-electron chi connectivity index (χ2n) is 7.18. The van der Waals surface area contributed by atoms with Gasteiger partial charge in [-0.2, -0.15) is 0 Å². The molecule has 0 aliphatic heterocycles. The average molecular weight is 512 g/mol. The number of benzene rings is 1. The molecule has 35 heavy (non-hydrogen) atoms. The van der Waals surface area contributed by atoms with Gasteiger partial charge < -0.3 is 15.4 Å². The van der Waals surface area contributed by atoms with Crippen molar-refractivity contribution in [2.24, 2.45) is 0 Å². The van der Waals surface area contributed by atoms with Crippen molar-refractivity contribution >= 4 is 46.0 Å². The first-order chi connectivity index (χ1) is 16.9. The first-order valence-electron chi connectivity index (χ1n) is 10.6. The highest BCUT2D eigenvalue weighted by Gasteiger charge is 2.16. The highest BCUT2D eigenvalue weighted by Crippen LogP contribution is 2.33. The lowest BCUT2D eigenvalue weighted by atomic mass is 10.1. The molecule has 11 heteroatoms. The van der Waals surface area contributed by atoms with E-state index in [0.29, 0.717) is 27.8 Å². The molecule has 0 spiro atoms. The van der Waals surface area contributed by atoms with Gasteiger partial charge >= 0.3 is 0 Å². The minimum atomic E-state index is -0.297. The molecule has 3 rings (SSSR count). The van der Waals surface area contributed by atoms with Crippen LogP contribution < -0.4 is 20.7 Å².